The molecule has 5 nitrogen and oxygen atoms in total. The molecule has 108 valence electrons. The van der Waals surface area contributed by atoms with Crippen LogP contribution >= 0.6 is 0 Å². The third kappa shape index (κ3) is 2.20. The maximum absolute atomic E-state index is 11.0. The monoisotopic (exact) mass is 284 g/mol. The number of imidazole rings is 1. The van der Waals surface area contributed by atoms with Crippen LogP contribution in [0.15, 0.2) is 35.0 Å². The summed E-state index contributed by atoms with van der Waals surface area (Å²) >= 11 is 0. The Hall–Kier alpha value is -2.56. The maximum atomic E-state index is 11.0. The highest BCUT2D eigenvalue weighted by Gasteiger charge is 2.17. The first-order chi connectivity index (χ1) is 9.97. The normalized spacial score (nSPS) is 12.7. The number of fused-ring (bicyclic) bond motifs is 1. The molecule has 0 saturated carbocycles. The molecule has 2 aromatic heterocycles. The van der Waals surface area contributed by atoms with E-state index in [9.17, 15) is 4.79 Å². The molecule has 21 heavy (non-hydrogen) atoms. The number of aromatic nitrogens is 2. The van der Waals surface area contributed by atoms with Crippen molar-refractivity contribution in [3.8, 4) is 0 Å². The lowest BCUT2D eigenvalue weighted by atomic mass is 10.1. The van der Waals surface area contributed by atoms with Crippen LogP contribution in [0.25, 0.3) is 11.0 Å². The lowest BCUT2D eigenvalue weighted by molar-refractivity contribution is 0.0697. The summed E-state index contributed by atoms with van der Waals surface area (Å²) in [6.45, 7) is 5.94. The Morgan fingerprint density at radius 2 is 2.10 bits per heavy atom. The summed E-state index contributed by atoms with van der Waals surface area (Å²) in [5.41, 5.74) is 2.94. The Morgan fingerprint density at radius 3 is 2.71 bits per heavy atom. The van der Waals surface area contributed by atoms with Crippen LogP contribution in [0.1, 0.15) is 40.4 Å². The third-order valence-corrected chi connectivity index (χ3v) is 3.77. The number of carboxylic acid groups (broad SMARTS) is 1. The Kier molecular flexibility index (Phi) is 3.05. The minimum Gasteiger partial charge on any atom is -0.478 e. The van der Waals surface area contributed by atoms with Gasteiger partial charge in [0.05, 0.1) is 29.0 Å². The smallest absolute Gasteiger partial charge is 0.335 e. The second kappa shape index (κ2) is 4.77. The zero-order valence-corrected chi connectivity index (χ0v) is 12.1. The largest absolute Gasteiger partial charge is 0.478 e. The van der Waals surface area contributed by atoms with E-state index >= 15 is 0 Å². The van der Waals surface area contributed by atoms with Crippen molar-refractivity contribution in [2.45, 2.75) is 26.8 Å². The summed E-state index contributed by atoms with van der Waals surface area (Å²) < 4.78 is 7.61. The second-order valence-corrected chi connectivity index (χ2v) is 5.21. The molecule has 1 atom stereocenters. The van der Waals surface area contributed by atoms with Crippen molar-refractivity contribution in [2.24, 2.45) is 0 Å². The Labute approximate surface area is 121 Å². The van der Waals surface area contributed by atoms with Crippen LogP contribution < -0.4 is 0 Å². The number of hydrogen-bond acceptors (Lipinski definition) is 3. The molecule has 1 N–H and O–H groups in total. The standard InChI is InChI=1S/C16H16N2O3/c1-9-6-13(11(3)21-9)10(2)18-8-17-14-7-12(16(19)20)4-5-15(14)18/h4-8,10H,1-3H3,(H,19,20). The summed E-state index contributed by atoms with van der Waals surface area (Å²) in [4.78, 5) is 15.3. The maximum Gasteiger partial charge on any atom is 0.335 e. The molecule has 1 aromatic carbocycles. The van der Waals surface area contributed by atoms with E-state index < -0.39 is 5.97 Å². The van der Waals surface area contributed by atoms with Gasteiger partial charge in [-0.25, -0.2) is 9.78 Å². The van der Waals surface area contributed by atoms with Gasteiger partial charge >= 0.3 is 5.97 Å². The molecule has 3 aromatic rings. The minimum absolute atomic E-state index is 0.0723. The zero-order valence-electron chi connectivity index (χ0n) is 12.1. The zero-order chi connectivity index (χ0) is 15.1. The third-order valence-electron chi connectivity index (χ3n) is 3.77. The van der Waals surface area contributed by atoms with Gasteiger partial charge in [-0.05, 0) is 45.0 Å². The molecule has 0 amide bonds. The van der Waals surface area contributed by atoms with Gasteiger partial charge in [0.15, 0.2) is 0 Å². The molecular weight excluding hydrogens is 268 g/mol. The van der Waals surface area contributed by atoms with E-state index in [4.69, 9.17) is 9.52 Å². The van der Waals surface area contributed by atoms with Crippen LogP contribution in [0.2, 0.25) is 0 Å². The topological polar surface area (TPSA) is 68.3 Å². The number of aryl methyl sites for hydroxylation is 2. The van der Waals surface area contributed by atoms with Crippen LogP contribution in [0.4, 0.5) is 0 Å². The summed E-state index contributed by atoms with van der Waals surface area (Å²) in [6, 6.07) is 7.09. The van der Waals surface area contributed by atoms with Gasteiger partial charge in [-0.1, -0.05) is 0 Å². The van der Waals surface area contributed by atoms with Crippen molar-refractivity contribution in [2.75, 3.05) is 0 Å². The van der Waals surface area contributed by atoms with Crippen LogP contribution in [0.3, 0.4) is 0 Å². The van der Waals surface area contributed by atoms with Crippen molar-refractivity contribution >= 4 is 17.0 Å². The predicted molar refractivity (Wildman–Crippen MR) is 78.7 cm³/mol. The van der Waals surface area contributed by atoms with Gasteiger partial charge in [-0.2, -0.15) is 0 Å². The highest BCUT2D eigenvalue weighted by atomic mass is 16.4. The Morgan fingerprint density at radius 1 is 1.33 bits per heavy atom. The van der Waals surface area contributed by atoms with Crippen LogP contribution in [-0.2, 0) is 0 Å². The number of hydrogen-bond donors (Lipinski definition) is 1. The molecule has 0 aliphatic heterocycles. The van der Waals surface area contributed by atoms with Gasteiger partial charge in [-0.3, -0.25) is 0 Å². The lowest BCUT2D eigenvalue weighted by Crippen LogP contribution is -2.05. The van der Waals surface area contributed by atoms with Gasteiger partial charge in [0, 0.05) is 5.56 Å². The van der Waals surface area contributed by atoms with E-state index in [1.165, 1.54) is 0 Å². The van der Waals surface area contributed by atoms with Crippen molar-refractivity contribution < 1.29 is 14.3 Å². The minimum atomic E-state index is -0.944. The fraction of sp³-hybridized carbons (Fsp3) is 0.250. The molecule has 2 heterocycles. The van der Waals surface area contributed by atoms with Crippen molar-refractivity contribution in [3.63, 3.8) is 0 Å². The molecule has 0 aliphatic rings. The van der Waals surface area contributed by atoms with Crippen LogP contribution in [-0.4, -0.2) is 20.6 Å². The van der Waals surface area contributed by atoms with E-state index in [-0.39, 0.29) is 11.6 Å². The van der Waals surface area contributed by atoms with E-state index in [2.05, 4.69) is 11.9 Å². The first kappa shape index (κ1) is 13.4. The molecule has 1 unspecified atom stereocenters. The fourth-order valence-electron chi connectivity index (χ4n) is 2.69. The van der Waals surface area contributed by atoms with Crippen LogP contribution in [0, 0.1) is 13.8 Å². The fourth-order valence-corrected chi connectivity index (χ4v) is 2.69. The number of furan rings is 1. The number of carboxylic acids is 1. The first-order valence-corrected chi connectivity index (χ1v) is 6.74. The highest BCUT2D eigenvalue weighted by molar-refractivity contribution is 5.92. The number of aromatic carboxylic acids is 1. The van der Waals surface area contributed by atoms with Gasteiger partial charge in [0.25, 0.3) is 0 Å². The van der Waals surface area contributed by atoms with E-state index in [0.717, 1.165) is 22.6 Å². The summed E-state index contributed by atoms with van der Waals surface area (Å²) in [5.74, 6) is 0.830. The average Bonchev–Trinajstić information content (AvgIpc) is 3.00. The molecule has 0 fully saturated rings. The summed E-state index contributed by atoms with van der Waals surface area (Å²) in [6.07, 6.45) is 1.74. The summed E-state index contributed by atoms with van der Waals surface area (Å²) in [7, 11) is 0. The lowest BCUT2D eigenvalue weighted by Gasteiger charge is -2.13. The van der Waals surface area contributed by atoms with Crippen LogP contribution in [0.5, 0.6) is 0 Å². The molecule has 0 radical (unpaired) electrons. The quantitative estimate of drug-likeness (QED) is 0.798. The number of benzene rings is 1. The molecule has 0 bridgehead atoms. The number of carbonyl (C=O) groups is 1. The first-order valence-electron chi connectivity index (χ1n) is 6.74. The van der Waals surface area contributed by atoms with E-state index in [0.29, 0.717) is 5.52 Å². The molecule has 0 aliphatic carbocycles. The van der Waals surface area contributed by atoms with Gasteiger partial charge < -0.3 is 14.1 Å². The Bertz CT molecular complexity index is 829. The van der Waals surface area contributed by atoms with E-state index in [1.54, 1.807) is 24.5 Å². The van der Waals surface area contributed by atoms with E-state index in [1.807, 2.05) is 24.5 Å². The molecule has 0 spiro atoms. The molecule has 3 rings (SSSR count). The average molecular weight is 284 g/mol. The highest BCUT2D eigenvalue weighted by Crippen LogP contribution is 2.28. The molecule has 5 heteroatoms. The Balaban J connectivity index is 2.08. The van der Waals surface area contributed by atoms with Gasteiger partial charge in [0.1, 0.15) is 11.5 Å². The summed E-state index contributed by atoms with van der Waals surface area (Å²) in [5, 5.41) is 9.03. The van der Waals surface area contributed by atoms with Crippen molar-refractivity contribution in [1.29, 1.82) is 0 Å². The predicted octanol–water partition coefficient (Wildman–Crippen LogP) is 3.55. The van der Waals surface area contributed by atoms with Crippen molar-refractivity contribution in [1.82, 2.24) is 9.55 Å². The SMILES string of the molecule is Cc1cc(C(C)n2cnc3cc(C(=O)O)ccc32)c(C)o1. The number of nitrogens with zero attached hydrogens (tertiary/aromatic N) is 2. The van der Waals surface area contributed by atoms with Gasteiger partial charge in [-0.15, -0.1) is 0 Å². The second-order valence-electron chi connectivity index (χ2n) is 5.21. The van der Waals surface area contributed by atoms with Gasteiger partial charge in [0.2, 0.25) is 0 Å². The molecular formula is C16H16N2O3. The number of rotatable bonds is 3. The van der Waals surface area contributed by atoms with Crippen molar-refractivity contribution in [3.05, 3.63) is 53.2 Å². The molecule has 0 saturated heterocycles.